The molecule has 2 aromatic rings. The summed E-state index contributed by atoms with van der Waals surface area (Å²) in [6.07, 6.45) is 4.04. The molecule has 1 N–H and O–H groups in total. The van der Waals surface area contributed by atoms with Crippen molar-refractivity contribution in [3.05, 3.63) is 28.2 Å². The van der Waals surface area contributed by atoms with Crippen molar-refractivity contribution in [1.29, 1.82) is 0 Å². The number of halogens is 2. The quantitative estimate of drug-likeness (QED) is 0.847. The van der Waals surface area contributed by atoms with Crippen LogP contribution in [0.1, 0.15) is 31.0 Å². The molecule has 1 heterocycles. The summed E-state index contributed by atoms with van der Waals surface area (Å²) in [5, 5.41) is 0. The van der Waals surface area contributed by atoms with E-state index in [-0.39, 0.29) is 5.82 Å². The van der Waals surface area contributed by atoms with Crippen LogP contribution >= 0.6 is 15.9 Å². The largest absolute Gasteiger partial charge is 0.342 e. The van der Waals surface area contributed by atoms with Gasteiger partial charge >= 0.3 is 0 Å². The molecule has 0 spiro atoms. The Balaban J connectivity index is 1.78. The minimum absolute atomic E-state index is 0.233. The fraction of sp³-hybridized carbons (Fsp3) is 0.462. The molecular formula is C13H12BrFN2. The number of hydrogen-bond acceptors (Lipinski definition) is 1. The van der Waals surface area contributed by atoms with Crippen LogP contribution in [0.15, 0.2) is 16.6 Å². The van der Waals surface area contributed by atoms with Crippen LogP contribution in [0.3, 0.4) is 0 Å². The lowest BCUT2D eigenvalue weighted by atomic mass is 10.1. The van der Waals surface area contributed by atoms with Crippen molar-refractivity contribution in [1.82, 2.24) is 9.97 Å². The van der Waals surface area contributed by atoms with Gasteiger partial charge in [-0.3, -0.25) is 0 Å². The van der Waals surface area contributed by atoms with E-state index >= 15 is 0 Å². The summed E-state index contributed by atoms with van der Waals surface area (Å²) in [4.78, 5) is 7.89. The zero-order valence-corrected chi connectivity index (χ0v) is 10.8. The molecule has 0 bridgehead atoms. The third kappa shape index (κ3) is 1.39. The van der Waals surface area contributed by atoms with Crippen LogP contribution in [0.25, 0.3) is 11.0 Å². The lowest BCUT2D eigenvalue weighted by Crippen LogP contribution is -1.89. The Morgan fingerprint density at radius 1 is 1.29 bits per heavy atom. The van der Waals surface area contributed by atoms with Gasteiger partial charge < -0.3 is 4.98 Å². The summed E-state index contributed by atoms with van der Waals surface area (Å²) >= 11 is 3.20. The second-order valence-corrected chi connectivity index (χ2v) is 6.04. The molecule has 2 aliphatic rings. The Morgan fingerprint density at radius 3 is 2.82 bits per heavy atom. The van der Waals surface area contributed by atoms with Crippen molar-refractivity contribution >= 4 is 27.0 Å². The van der Waals surface area contributed by atoms with Crippen molar-refractivity contribution in [2.24, 2.45) is 11.8 Å². The third-order valence-corrected chi connectivity index (χ3v) is 4.87. The Hall–Kier alpha value is -0.900. The molecule has 2 saturated carbocycles. The normalized spacial score (nSPS) is 30.8. The highest BCUT2D eigenvalue weighted by molar-refractivity contribution is 9.10. The number of H-pyrrole nitrogens is 1. The summed E-state index contributed by atoms with van der Waals surface area (Å²) in [5.74, 6) is 3.11. The SMILES string of the molecule is Fc1cc2[nH]c(C3C4CCCC43)nc2cc1Br. The van der Waals surface area contributed by atoms with Crippen molar-refractivity contribution in [3.63, 3.8) is 0 Å². The second-order valence-electron chi connectivity index (χ2n) is 5.19. The fourth-order valence-electron chi connectivity index (χ4n) is 3.41. The lowest BCUT2D eigenvalue weighted by Gasteiger charge is -1.97. The second kappa shape index (κ2) is 3.31. The first-order valence-electron chi connectivity index (χ1n) is 6.09. The predicted octanol–water partition coefficient (Wildman–Crippen LogP) is 3.98. The number of fused-ring (bicyclic) bond motifs is 2. The van der Waals surface area contributed by atoms with Gasteiger partial charge in [0.25, 0.3) is 0 Å². The van der Waals surface area contributed by atoms with Crippen LogP contribution in [0.4, 0.5) is 4.39 Å². The summed E-state index contributed by atoms with van der Waals surface area (Å²) in [5.41, 5.74) is 1.67. The maximum absolute atomic E-state index is 13.4. The maximum Gasteiger partial charge on any atom is 0.139 e. The van der Waals surface area contributed by atoms with Gasteiger partial charge in [-0.05, 0) is 46.7 Å². The van der Waals surface area contributed by atoms with E-state index in [4.69, 9.17) is 0 Å². The Kier molecular flexibility index (Phi) is 1.96. The first-order valence-corrected chi connectivity index (χ1v) is 6.88. The zero-order valence-electron chi connectivity index (χ0n) is 9.21. The molecule has 2 atom stereocenters. The monoisotopic (exact) mass is 294 g/mol. The molecule has 4 rings (SSSR count). The molecule has 17 heavy (non-hydrogen) atoms. The number of aromatic amines is 1. The molecule has 0 aliphatic heterocycles. The topological polar surface area (TPSA) is 28.7 Å². The molecule has 0 amide bonds. The Morgan fingerprint density at radius 2 is 2.06 bits per heavy atom. The Labute approximate surface area is 107 Å². The average Bonchev–Trinajstić information content (AvgIpc) is 2.68. The molecule has 2 nitrogen and oxygen atoms in total. The van der Waals surface area contributed by atoms with Gasteiger partial charge in [-0.1, -0.05) is 6.42 Å². The van der Waals surface area contributed by atoms with Crippen molar-refractivity contribution in [3.8, 4) is 0 Å². The summed E-state index contributed by atoms with van der Waals surface area (Å²) in [6.45, 7) is 0. The van der Waals surface area contributed by atoms with Crippen LogP contribution in [0.5, 0.6) is 0 Å². The number of nitrogens with one attached hydrogen (secondary N) is 1. The highest BCUT2D eigenvalue weighted by atomic mass is 79.9. The van der Waals surface area contributed by atoms with Crippen LogP contribution in [0, 0.1) is 17.7 Å². The highest BCUT2D eigenvalue weighted by Gasteiger charge is 2.54. The minimum atomic E-state index is -0.233. The lowest BCUT2D eigenvalue weighted by molar-refractivity contribution is 0.623. The first-order chi connectivity index (χ1) is 8.24. The first kappa shape index (κ1) is 10.1. The number of hydrogen-bond donors (Lipinski definition) is 1. The van der Waals surface area contributed by atoms with Gasteiger partial charge in [-0.2, -0.15) is 0 Å². The van der Waals surface area contributed by atoms with E-state index in [1.54, 1.807) is 6.07 Å². The molecule has 2 aliphatic carbocycles. The molecule has 2 unspecified atom stereocenters. The minimum Gasteiger partial charge on any atom is -0.342 e. The number of benzene rings is 1. The number of imidazole rings is 1. The molecule has 1 aromatic carbocycles. The van der Waals surface area contributed by atoms with E-state index in [1.807, 2.05) is 0 Å². The van der Waals surface area contributed by atoms with Gasteiger partial charge in [0.2, 0.25) is 0 Å². The molecule has 1 aromatic heterocycles. The predicted molar refractivity (Wildman–Crippen MR) is 67.3 cm³/mol. The van der Waals surface area contributed by atoms with E-state index in [0.717, 1.165) is 28.7 Å². The van der Waals surface area contributed by atoms with Gasteiger partial charge in [0.05, 0.1) is 15.5 Å². The molecular weight excluding hydrogens is 283 g/mol. The standard InChI is InChI=1S/C13H12BrFN2/c14-8-4-10-11(5-9(8)15)17-13(16-10)12-6-2-1-3-7(6)12/h4-7,12H,1-3H2,(H,16,17). The summed E-state index contributed by atoms with van der Waals surface area (Å²) in [7, 11) is 0. The average molecular weight is 295 g/mol. The van der Waals surface area contributed by atoms with Gasteiger partial charge in [0, 0.05) is 12.0 Å². The Bertz CT molecular complexity index is 558. The van der Waals surface area contributed by atoms with Crippen molar-refractivity contribution < 1.29 is 4.39 Å². The van der Waals surface area contributed by atoms with E-state index in [2.05, 4.69) is 25.9 Å². The van der Waals surface area contributed by atoms with Crippen LogP contribution in [0.2, 0.25) is 0 Å². The zero-order chi connectivity index (χ0) is 11.6. The van der Waals surface area contributed by atoms with Gasteiger partial charge in [0.15, 0.2) is 0 Å². The van der Waals surface area contributed by atoms with E-state index in [0.29, 0.717) is 10.4 Å². The molecule has 0 radical (unpaired) electrons. The third-order valence-electron chi connectivity index (χ3n) is 4.26. The highest BCUT2D eigenvalue weighted by Crippen LogP contribution is 2.62. The van der Waals surface area contributed by atoms with E-state index < -0.39 is 0 Å². The van der Waals surface area contributed by atoms with Crippen molar-refractivity contribution in [2.75, 3.05) is 0 Å². The number of rotatable bonds is 1. The summed E-state index contributed by atoms with van der Waals surface area (Å²) < 4.78 is 13.9. The molecule has 4 heteroatoms. The van der Waals surface area contributed by atoms with Crippen LogP contribution < -0.4 is 0 Å². The van der Waals surface area contributed by atoms with Crippen LogP contribution in [-0.4, -0.2) is 9.97 Å². The van der Waals surface area contributed by atoms with E-state index in [1.165, 1.54) is 25.3 Å². The van der Waals surface area contributed by atoms with E-state index in [9.17, 15) is 4.39 Å². The molecule has 88 valence electrons. The smallest absolute Gasteiger partial charge is 0.139 e. The number of nitrogens with zero attached hydrogens (tertiary/aromatic N) is 1. The molecule has 0 saturated heterocycles. The van der Waals surface area contributed by atoms with Crippen molar-refractivity contribution in [2.45, 2.75) is 25.2 Å². The summed E-state index contributed by atoms with van der Waals surface area (Å²) in [6, 6.07) is 3.27. The fourth-order valence-corrected chi connectivity index (χ4v) is 3.74. The molecule has 2 fully saturated rings. The van der Waals surface area contributed by atoms with Gasteiger partial charge in [-0.25, -0.2) is 9.37 Å². The van der Waals surface area contributed by atoms with Gasteiger partial charge in [-0.15, -0.1) is 0 Å². The maximum atomic E-state index is 13.4. The number of aromatic nitrogens is 2. The van der Waals surface area contributed by atoms with Crippen LogP contribution in [-0.2, 0) is 0 Å². The van der Waals surface area contributed by atoms with Gasteiger partial charge in [0.1, 0.15) is 11.6 Å².